The average Bonchev–Trinajstić information content (AvgIpc) is 3.12. The molecule has 172 valence electrons. The lowest BCUT2D eigenvalue weighted by atomic mass is 9.96. The second-order valence-electron chi connectivity index (χ2n) is 6.49. The van der Waals surface area contributed by atoms with Crippen molar-refractivity contribution < 1.29 is 51.5 Å². The Labute approximate surface area is 173 Å². The smallest absolute Gasteiger partial charge is 0.392 e. The van der Waals surface area contributed by atoms with E-state index in [9.17, 15) is 28.6 Å². The molecule has 0 saturated heterocycles. The van der Waals surface area contributed by atoms with Gasteiger partial charge in [0.05, 0.1) is 24.6 Å². The van der Waals surface area contributed by atoms with Crippen molar-refractivity contribution in [2.24, 2.45) is 5.92 Å². The highest BCUT2D eigenvalue weighted by Crippen LogP contribution is 2.66. The lowest BCUT2D eigenvalue weighted by molar-refractivity contribution is 0.0939. The Bertz CT molecular complexity index is 1150. The predicted molar refractivity (Wildman–Crippen MR) is 101 cm³/mol. The number of rotatable bonds is 8. The van der Waals surface area contributed by atoms with Gasteiger partial charge in [-0.3, -0.25) is 4.52 Å². The fraction of sp³-hybridized carbons (Fsp3) is 0.417. The van der Waals surface area contributed by atoms with Crippen molar-refractivity contribution in [3.8, 4) is 0 Å². The summed E-state index contributed by atoms with van der Waals surface area (Å²) in [6.45, 7) is 3.20. The zero-order valence-corrected chi connectivity index (χ0v) is 18.1. The van der Waals surface area contributed by atoms with E-state index in [0.717, 1.165) is 0 Å². The number of aliphatic hydroxyl groups excluding tert-OH is 1. The van der Waals surface area contributed by atoms with Gasteiger partial charge < -0.3 is 30.4 Å². The molecule has 1 saturated carbocycles. The van der Waals surface area contributed by atoms with E-state index in [-0.39, 0.29) is 17.9 Å². The molecular weight excluding hydrogens is 483 g/mol. The van der Waals surface area contributed by atoms with Gasteiger partial charge in [0.2, 0.25) is 0 Å². The zero-order valence-electron chi connectivity index (χ0n) is 15.4. The molecule has 16 nitrogen and oxygen atoms in total. The molecule has 0 radical (unpaired) electrons. The summed E-state index contributed by atoms with van der Waals surface area (Å²) in [5.74, 6) is -1.26. The van der Waals surface area contributed by atoms with Gasteiger partial charge in [-0.1, -0.05) is 12.2 Å². The van der Waals surface area contributed by atoms with Crippen LogP contribution in [0.15, 0.2) is 24.7 Å². The van der Waals surface area contributed by atoms with Crippen molar-refractivity contribution in [3.05, 3.63) is 30.4 Å². The van der Waals surface area contributed by atoms with Crippen LogP contribution in [0.2, 0.25) is 0 Å². The quantitative estimate of drug-likeness (QED) is 0.207. The van der Waals surface area contributed by atoms with Crippen LogP contribution < -0.4 is 5.73 Å². The van der Waals surface area contributed by atoms with Crippen molar-refractivity contribution >= 4 is 34.9 Å². The van der Waals surface area contributed by atoms with Crippen LogP contribution in [-0.2, 0) is 26.8 Å². The third kappa shape index (κ3) is 5.64. The molecule has 19 heteroatoms. The Hall–Kier alpha value is -1.54. The largest absolute Gasteiger partial charge is 0.490 e. The van der Waals surface area contributed by atoms with E-state index < -0.39 is 48.0 Å². The van der Waals surface area contributed by atoms with E-state index in [2.05, 4.69) is 34.8 Å². The predicted octanol–water partition coefficient (Wildman–Crippen LogP) is 0.0704. The van der Waals surface area contributed by atoms with Crippen molar-refractivity contribution in [1.29, 1.82) is 0 Å². The summed E-state index contributed by atoms with van der Waals surface area (Å²) in [4.78, 5) is 43.8. The number of phosphoric ester groups is 1. The first-order chi connectivity index (χ1) is 14.2. The van der Waals surface area contributed by atoms with Gasteiger partial charge in [0.1, 0.15) is 6.33 Å². The molecule has 5 atom stereocenters. The van der Waals surface area contributed by atoms with Crippen molar-refractivity contribution in [1.82, 2.24) is 19.6 Å². The lowest BCUT2D eigenvalue weighted by Gasteiger charge is -2.20. The normalized spacial score (nSPS) is 26.1. The number of aromatic nitrogens is 4. The van der Waals surface area contributed by atoms with Gasteiger partial charge in [0, 0.05) is 11.8 Å². The maximum atomic E-state index is 11.9. The summed E-state index contributed by atoms with van der Waals surface area (Å²) in [7, 11) is -16.5. The Morgan fingerprint density at radius 3 is 2.48 bits per heavy atom. The second-order valence-corrected chi connectivity index (χ2v) is 10.9. The first kappa shape index (κ1) is 24.1. The summed E-state index contributed by atoms with van der Waals surface area (Å²) < 4.78 is 47.3. The second kappa shape index (κ2) is 8.43. The zero-order chi connectivity index (χ0) is 23.2. The van der Waals surface area contributed by atoms with Crippen LogP contribution in [0, 0.1) is 5.92 Å². The minimum absolute atomic E-state index is 0.126. The van der Waals surface area contributed by atoms with Crippen LogP contribution in [0.1, 0.15) is 18.0 Å². The fourth-order valence-corrected chi connectivity index (χ4v) is 6.20. The minimum Gasteiger partial charge on any atom is -0.392 e. The first-order valence-corrected chi connectivity index (χ1v) is 12.8. The van der Waals surface area contributed by atoms with Gasteiger partial charge in [-0.15, -0.1) is 0 Å². The molecule has 1 aliphatic carbocycles. The molecule has 2 aromatic heterocycles. The van der Waals surface area contributed by atoms with Crippen molar-refractivity contribution in [2.75, 3.05) is 12.3 Å². The molecule has 1 fully saturated rings. The fourth-order valence-electron chi connectivity index (χ4n) is 3.16. The van der Waals surface area contributed by atoms with Crippen LogP contribution >= 0.6 is 23.5 Å². The summed E-state index contributed by atoms with van der Waals surface area (Å²) in [6, 6.07) is 0. The standard InChI is InChI=1S/C12H18N5O11P3/c1-6-7(9-3-14-12-11(13)15-5-16-17(9)12)2-10(18)8(6)4-26-30(22,23)28-31(24,25)27-29(19,20)21/h3,5,7-8,10,18H,1-2,4H2,(H,22,23)(H,24,25)(H2,13,15,16)(H2,19,20,21)/t7-,8-,10-/m0/s1. The number of nitrogen functional groups attached to an aromatic ring is 1. The number of hydrogen-bond donors (Lipinski definition) is 6. The number of phosphoric acid groups is 3. The molecule has 0 amide bonds. The minimum atomic E-state index is -5.63. The van der Waals surface area contributed by atoms with Crippen molar-refractivity contribution in [2.45, 2.75) is 18.4 Å². The van der Waals surface area contributed by atoms with Crippen LogP contribution in [0.25, 0.3) is 5.65 Å². The van der Waals surface area contributed by atoms with Crippen LogP contribution in [-0.4, -0.2) is 57.0 Å². The Balaban J connectivity index is 1.71. The molecule has 2 heterocycles. The Morgan fingerprint density at radius 1 is 1.16 bits per heavy atom. The number of imidazole rings is 1. The van der Waals surface area contributed by atoms with Gasteiger partial charge >= 0.3 is 23.5 Å². The summed E-state index contributed by atoms with van der Waals surface area (Å²) in [6.07, 6.45) is 1.72. The monoisotopic (exact) mass is 501 g/mol. The highest BCUT2D eigenvalue weighted by Gasteiger charge is 2.44. The Kier molecular flexibility index (Phi) is 6.55. The Morgan fingerprint density at radius 2 is 1.84 bits per heavy atom. The summed E-state index contributed by atoms with van der Waals surface area (Å²) in [5, 5.41) is 14.4. The SMILES string of the molecule is C=C1[C@@H](c2cnc3c(N)ncnn23)C[C@H](O)[C@H]1COP(=O)(O)OP(=O)(O)OP(=O)(O)O. The molecule has 2 aromatic rings. The maximum absolute atomic E-state index is 11.9. The summed E-state index contributed by atoms with van der Waals surface area (Å²) in [5.41, 5.74) is 6.93. The molecule has 31 heavy (non-hydrogen) atoms. The first-order valence-electron chi connectivity index (χ1n) is 8.28. The molecule has 3 rings (SSSR count). The van der Waals surface area contributed by atoms with Gasteiger partial charge in [-0.25, -0.2) is 28.2 Å². The molecule has 0 aromatic carbocycles. The average molecular weight is 501 g/mol. The molecule has 1 aliphatic rings. The van der Waals surface area contributed by atoms with E-state index in [1.165, 1.54) is 17.0 Å². The number of nitrogens with zero attached hydrogens (tertiary/aromatic N) is 4. The van der Waals surface area contributed by atoms with E-state index in [1.807, 2.05) is 0 Å². The molecule has 0 bridgehead atoms. The molecular formula is C12H18N5O11P3. The van der Waals surface area contributed by atoms with Gasteiger partial charge in [0.25, 0.3) is 0 Å². The molecule has 0 spiro atoms. The highest BCUT2D eigenvalue weighted by molar-refractivity contribution is 7.66. The van der Waals surface area contributed by atoms with Crippen LogP contribution in [0.5, 0.6) is 0 Å². The van der Waals surface area contributed by atoms with Crippen LogP contribution in [0.4, 0.5) is 5.82 Å². The number of anilines is 1. The molecule has 0 aliphatic heterocycles. The van der Waals surface area contributed by atoms with Gasteiger partial charge in [0.15, 0.2) is 11.5 Å². The third-order valence-corrected chi connectivity index (χ3v) is 8.22. The van der Waals surface area contributed by atoms with Crippen LogP contribution in [0.3, 0.4) is 0 Å². The lowest BCUT2D eigenvalue weighted by Crippen LogP contribution is -2.19. The summed E-state index contributed by atoms with van der Waals surface area (Å²) >= 11 is 0. The van der Waals surface area contributed by atoms with E-state index in [0.29, 0.717) is 11.3 Å². The van der Waals surface area contributed by atoms with Crippen molar-refractivity contribution in [3.63, 3.8) is 0 Å². The molecule has 7 N–H and O–H groups in total. The van der Waals surface area contributed by atoms with E-state index >= 15 is 0 Å². The molecule has 2 unspecified atom stereocenters. The topological polar surface area (TPSA) is 249 Å². The number of nitrogens with two attached hydrogens (primary N) is 1. The van der Waals surface area contributed by atoms with Gasteiger partial charge in [-0.05, 0) is 6.42 Å². The highest BCUT2D eigenvalue weighted by atomic mass is 31.3. The van der Waals surface area contributed by atoms with Gasteiger partial charge in [-0.2, -0.15) is 13.7 Å². The van der Waals surface area contributed by atoms with E-state index in [1.54, 1.807) is 0 Å². The number of fused-ring (bicyclic) bond motifs is 1. The number of hydrogen-bond acceptors (Lipinski definition) is 11. The number of aliphatic hydroxyl groups is 1. The third-order valence-electron chi connectivity index (χ3n) is 4.41. The van der Waals surface area contributed by atoms with E-state index in [4.69, 9.17) is 15.5 Å². The maximum Gasteiger partial charge on any atom is 0.490 e.